The van der Waals surface area contributed by atoms with Crippen LogP contribution in [0.25, 0.3) is 0 Å². The van der Waals surface area contributed by atoms with Crippen LogP contribution in [0.4, 0.5) is 5.69 Å². The molecule has 1 heterocycles. The van der Waals surface area contributed by atoms with Crippen molar-refractivity contribution in [3.05, 3.63) is 84.8 Å². The summed E-state index contributed by atoms with van der Waals surface area (Å²) in [6.07, 6.45) is 0. The zero-order chi connectivity index (χ0) is 17.1. The predicted octanol–water partition coefficient (Wildman–Crippen LogP) is 6.09. The van der Waals surface area contributed by atoms with Crippen molar-refractivity contribution in [1.82, 2.24) is 0 Å². The molecule has 8 heteroatoms. The summed E-state index contributed by atoms with van der Waals surface area (Å²) in [6, 6.07) is 16.8. The average molecular weight is 397 g/mol. The SMILES string of the molecule is O=[N+]([O-])C(=C1Nc2ccccc2S1)C(Sc1ccccc1)=C(Cl)Cl. The Hall–Kier alpha value is -1.60. The summed E-state index contributed by atoms with van der Waals surface area (Å²) in [7, 11) is 0. The molecule has 3 rings (SSSR count). The zero-order valence-electron chi connectivity index (χ0n) is 12.0. The van der Waals surface area contributed by atoms with E-state index in [1.54, 1.807) is 0 Å². The lowest BCUT2D eigenvalue weighted by molar-refractivity contribution is -0.420. The highest BCUT2D eigenvalue weighted by Crippen LogP contribution is 2.46. The van der Waals surface area contributed by atoms with Gasteiger partial charge in [-0.3, -0.25) is 10.1 Å². The minimum atomic E-state index is -0.461. The molecule has 2 aromatic rings. The van der Waals surface area contributed by atoms with Crippen LogP contribution in [0.15, 0.2) is 84.5 Å². The van der Waals surface area contributed by atoms with E-state index in [2.05, 4.69) is 5.32 Å². The Morgan fingerprint density at radius 3 is 2.38 bits per heavy atom. The Bertz CT molecular complexity index is 823. The van der Waals surface area contributed by atoms with Crippen molar-refractivity contribution in [1.29, 1.82) is 0 Å². The molecule has 0 aromatic heterocycles. The lowest BCUT2D eigenvalue weighted by Gasteiger charge is -2.08. The Morgan fingerprint density at radius 1 is 1.08 bits per heavy atom. The van der Waals surface area contributed by atoms with Crippen LogP contribution < -0.4 is 5.32 Å². The predicted molar refractivity (Wildman–Crippen MR) is 101 cm³/mol. The van der Waals surface area contributed by atoms with Gasteiger partial charge in [-0.25, -0.2) is 0 Å². The summed E-state index contributed by atoms with van der Waals surface area (Å²) >= 11 is 14.4. The molecule has 1 aliphatic heterocycles. The number of fused-ring (bicyclic) bond motifs is 1. The van der Waals surface area contributed by atoms with Crippen molar-refractivity contribution in [3.63, 3.8) is 0 Å². The Morgan fingerprint density at radius 2 is 1.75 bits per heavy atom. The molecular weight excluding hydrogens is 387 g/mol. The number of nitrogens with zero attached hydrogens (tertiary/aromatic N) is 1. The number of benzene rings is 2. The second-order valence-corrected chi connectivity index (χ2v) is 7.75. The Balaban J connectivity index is 2.03. The quantitative estimate of drug-likeness (QED) is 0.384. The highest BCUT2D eigenvalue weighted by atomic mass is 35.5. The Labute approximate surface area is 157 Å². The molecule has 0 saturated heterocycles. The molecule has 0 radical (unpaired) electrons. The van der Waals surface area contributed by atoms with E-state index in [0.717, 1.165) is 27.2 Å². The molecule has 0 fully saturated rings. The fraction of sp³-hybridized carbons (Fsp3) is 0. The molecule has 0 unspecified atom stereocenters. The summed E-state index contributed by atoms with van der Waals surface area (Å²) in [5.74, 6) is 0. The molecular formula is C16H10Cl2N2O2S2. The van der Waals surface area contributed by atoms with Gasteiger partial charge in [-0.05, 0) is 24.3 Å². The van der Waals surface area contributed by atoms with Gasteiger partial charge in [0.15, 0.2) is 5.03 Å². The number of para-hydroxylation sites is 1. The van der Waals surface area contributed by atoms with E-state index in [1.165, 1.54) is 11.8 Å². The molecule has 0 saturated carbocycles. The van der Waals surface area contributed by atoms with Gasteiger partial charge in [0.2, 0.25) is 0 Å². The second-order valence-electron chi connectivity index (χ2n) is 4.66. The van der Waals surface area contributed by atoms with E-state index in [1.807, 2.05) is 54.6 Å². The molecule has 24 heavy (non-hydrogen) atoms. The van der Waals surface area contributed by atoms with E-state index in [9.17, 15) is 10.1 Å². The summed E-state index contributed by atoms with van der Waals surface area (Å²) < 4.78 is -0.138. The van der Waals surface area contributed by atoms with Gasteiger partial charge in [0, 0.05) is 9.79 Å². The smallest absolute Gasteiger partial charge is 0.315 e. The van der Waals surface area contributed by atoms with Crippen LogP contribution in [0, 0.1) is 10.1 Å². The first-order chi connectivity index (χ1) is 11.6. The third kappa shape index (κ3) is 3.72. The third-order valence-corrected chi connectivity index (χ3v) is 5.88. The number of rotatable bonds is 4. The average Bonchev–Trinajstić information content (AvgIpc) is 2.98. The van der Waals surface area contributed by atoms with Gasteiger partial charge in [-0.15, -0.1) is 0 Å². The van der Waals surface area contributed by atoms with Crippen molar-refractivity contribution >= 4 is 52.4 Å². The summed E-state index contributed by atoms with van der Waals surface area (Å²) in [6.45, 7) is 0. The second kappa shape index (κ2) is 7.53. The molecule has 0 aliphatic carbocycles. The number of anilines is 1. The number of nitrogens with one attached hydrogen (secondary N) is 1. The molecule has 0 atom stereocenters. The fourth-order valence-electron chi connectivity index (χ4n) is 2.08. The first-order valence-corrected chi connectivity index (χ1v) is 9.16. The molecule has 0 bridgehead atoms. The third-order valence-electron chi connectivity index (χ3n) is 3.09. The monoisotopic (exact) mass is 396 g/mol. The minimum absolute atomic E-state index is 0.134. The van der Waals surface area contributed by atoms with Crippen LogP contribution in [-0.4, -0.2) is 4.92 Å². The molecule has 4 nitrogen and oxygen atoms in total. The van der Waals surface area contributed by atoms with Crippen LogP contribution in [0.2, 0.25) is 0 Å². The highest BCUT2D eigenvalue weighted by Gasteiger charge is 2.31. The van der Waals surface area contributed by atoms with Gasteiger partial charge in [0.25, 0.3) is 0 Å². The van der Waals surface area contributed by atoms with Gasteiger partial charge in [0.05, 0.1) is 10.6 Å². The van der Waals surface area contributed by atoms with E-state index < -0.39 is 4.92 Å². The molecule has 0 amide bonds. The van der Waals surface area contributed by atoms with Crippen LogP contribution in [0.3, 0.4) is 0 Å². The van der Waals surface area contributed by atoms with Crippen molar-refractivity contribution in [2.75, 3.05) is 5.32 Å². The first-order valence-electron chi connectivity index (χ1n) is 6.77. The van der Waals surface area contributed by atoms with Crippen molar-refractivity contribution in [2.45, 2.75) is 9.79 Å². The lowest BCUT2D eigenvalue weighted by Crippen LogP contribution is -2.07. The maximum atomic E-state index is 11.7. The van der Waals surface area contributed by atoms with Gasteiger partial charge >= 0.3 is 5.70 Å². The molecule has 0 spiro atoms. The van der Waals surface area contributed by atoms with Crippen LogP contribution in [0.5, 0.6) is 0 Å². The number of nitro groups is 1. The first kappa shape index (κ1) is 17.2. The summed E-state index contributed by atoms with van der Waals surface area (Å²) in [5, 5.41) is 15.2. The summed E-state index contributed by atoms with van der Waals surface area (Å²) in [5.41, 5.74) is 0.691. The lowest BCUT2D eigenvalue weighted by atomic mass is 10.3. The highest BCUT2D eigenvalue weighted by molar-refractivity contribution is 8.04. The van der Waals surface area contributed by atoms with Gasteiger partial charge in [-0.2, -0.15) is 0 Å². The van der Waals surface area contributed by atoms with E-state index in [0.29, 0.717) is 5.03 Å². The molecule has 2 aromatic carbocycles. The Kier molecular flexibility index (Phi) is 5.40. The normalized spacial score (nSPS) is 14.6. The zero-order valence-corrected chi connectivity index (χ0v) is 15.2. The van der Waals surface area contributed by atoms with Crippen molar-refractivity contribution < 1.29 is 4.92 Å². The van der Waals surface area contributed by atoms with E-state index >= 15 is 0 Å². The largest absolute Gasteiger partial charge is 0.343 e. The minimum Gasteiger partial charge on any atom is -0.343 e. The number of halogens is 2. The maximum absolute atomic E-state index is 11.7. The van der Waals surface area contributed by atoms with Crippen LogP contribution >= 0.6 is 46.7 Å². The molecule has 122 valence electrons. The summed E-state index contributed by atoms with van der Waals surface area (Å²) in [4.78, 5) is 13.2. The molecule has 1 aliphatic rings. The van der Waals surface area contributed by atoms with E-state index in [4.69, 9.17) is 23.2 Å². The van der Waals surface area contributed by atoms with Crippen molar-refractivity contribution in [3.8, 4) is 0 Å². The maximum Gasteiger partial charge on any atom is 0.315 e. The fourth-order valence-corrected chi connectivity index (χ4v) is 4.46. The van der Waals surface area contributed by atoms with Crippen LogP contribution in [0.1, 0.15) is 0 Å². The van der Waals surface area contributed by atoms with Crippen LogP contribution in [-0.2, 0) is 0 Å². The van der Waals surface area contributed by atoms with Gasteiger partial charge in [-0.1, -0.05) is 77.1 Å². The van der Waals surface area contributed by atoms with Crippen molar-refractivity contribution in [2.24, 2.45) is 0 Å². The van der Waals surface area contributed by atoms with Gasteiger partial charge < -0.3 is 5.32 Å². The van der Waals surface area contributed by atoms with Gasteiger partial charge in [0.1, 0.15) is 9.40 Å². The number of hydrogen-bond donors (Lipinski definition) is 1. The number of thioether (sulfide) groups is 2. The van der Waals surface area contributed by atoms with E-state index in [-0.39, 0.29) is 15.1 Å². The topological polar surface area (TPSA) is 55.2 Å². The number of hydrogen-bond acceptors (Lipinski definition) is 5. The standard InChI is InChI=1S/C16H10Cl2N2O2S2/c17-15(18)14(23-10-6-2-1-3-7-10)13(20(21)22)16-19-11-8-4-5-9-12(11)24-16/h1-9,19H. The molecule has 1 N–H and O–H groups in total.